The van der Waals surface area contributed by atoms with Gasteiger partial charge >= 0.3 is 5.76 Å². The van der Waals surface area contributed by atoms with E-state index in [0.29, 0.717) is 23.5 Å². The van der Waals surface area contributed by atoms with Crippen LogP contribution in [0.1, 0.15) is 41.2 Å². The molecule has 1 fully saturated rings. The molecule has 0 aliphatic carbocycles. The summed E-state index contributed by atoms with van der Waals surface area (Å²) in [6, 6.07) is 5.84. The predicted molar refractivity (Wildman–Crippen MR) is 137 cm³/mol. The van der Waals surface area contributed by atoms with Gasteiger partial charge in [0.05, 0.1) is 23.3 Å². The van der Waals surface area contributed by atoms with Crippen LogP contribution in [-0.4, -0.2) is 62.2 Å². The van der Waals surface area contributed by atoms with Crippen molar-refractivity contribution >= 4 is 22.9 Å². The van der Waals surface area contributed by atoms with Crippen molar-refractivity contribution in [2.24, 2.45) is 0 Å². The van der Waals surface area contributed by atoms with E-state index in [9.17, 15) is 9.59 Å². The third-order valence-corrected chi connectivity index (χ3v) is 6.97. The number of aromatic amines is 1. The lowest BCUT2D eigenvalue weighted by Gasteiger charge is -2.37. The highest BCUT2D eigenvalue weighted by Crippen LogP contribution is 2.42. The summed E-state index contributed by atoms with van der Waals surface area (Å²) in [4.78, 5) is 36.5. The van der Waals surface area contributed by atoms with Gasteiger partial charge in [-0.25, -0.2) is 14.3 Å². The van der Waals surface area contributed by atoms with Gasteiger partial charge in [0, 0.05) is 63.2 Å². The number of nitrogens with one attached hydrogen (secondary N) is 2. The molecule has 0 saturated carbocycles. The number of aromatic nitrogens is 4. The first-order chi connectivity index (χ1) is 17.8. The van der Waals surface area contributed by atoms with Crippen LogP contribution in [0.4, 0.5) is 11.4 Å². The Balaban J connectivity index is 1.26. The van der Waals surface area contributed by atoms with Crippen LogP contribution in [0, 0.1) is 6.92 Å². The average molecular weight is 504 g/mol. The van der Waals surface area contributed by atoms with E-state index in [2.05, 4.69) is 44.0 Å². The Bertz CT molecular complexity index is 1540. The van der Waals surface area contributed by atoms with Gasteiger partial charge in [-0.15, -0.1) is 0 Å². The number of piperazine rings is 1. The zero-order valence-corrected chi connectivity index (χ0v) is 21.1. The normalized spacial score (nSPS) is 17.1. The topological polar surface area (TPSA) is 121 Å². The molecule has 3 aromatic heterocycles. The standard InChI is InChI=1S/C26H29N7O4/c1-16-20(30-25(35)36-16)15-31-7-9-32(10-8-31)21-12-22-17(13-26(2,3)37-22)11-19(21)29-24(34)18-14-28-33-6-4-5-27-23(18)33/h4-6,11-12,14H,7-10,13,15H2,1-3H3,(H,29,34)(H,30,35). The van der Waals surface area contributed by atoms with Crippen molar-refractivity contribution in [3.8, 4) is 5.75 Å². The molecule has 11 nitrogen and oxygen atoms in total. The molecular weight excluding hydrogens is 474 g/mol. The smallest absolute Gasteiger partial charge is 0.416 e. The number of rotatable bonds is 5. The largest absolute Gasteiger partial charge is 0.487 e. The van der Waals surface area contributed by atoms with E-state index in [1.165, 1.54) is 6.20 Å². The summed E-state index contributed by atoms with van der Waals surface area (Å²) in [5.74, 6) is 0.794. The molecule has 37 heavy (non-hydrogen) atoms. The van der Waals surface area contributed by atoms with E-state index in [4.69, 9.17) is 9.15 Å². The molecule has 0 atom stereocenters. The molecule has 1 amide bonds. The van der Waals surface area contributed by atoms with Crippen molar-refractivity contribution < 1.29 is 13.9 Å². The number of aryl methyl sites for hydroxylation is 1. The molecule has 2 aliphatic heterocycles. The lowest BCUT2D eigenvalue weighted by molar-refractivity contribution is 0.102. The first-order valence-electron chi connectivity index (χ1n) is 12.4. The van der Waals surface area contributed by atoms with Gasteiger partial charge in [-0.1, -0.05) is 0 Å². The van der Waals surface area contributed by atoms with E-state index < -0.39 is 5.76 Å². The molecule has 1 aromatic carbocycles. The Hall–Kier alpha value is -4.12. The van der Waals surface area contributed by atoms with E-state index in [1.54, 1.807) is 29.9 Å². The third kappa shape index (κ3) is 4.46. The highest BCUT2D eigenvalue weighted by molar-refractivity contribution is 6.09. The minimum atomic E-state index is -0.422. The average Bonchev–Trinajstić information content (AvgIpc) is 3.52. The fraction of sp³-hybridized carbons (Fsp3) is 0.385. The van der Waals surface area contributed by atoms with Crippen molar-refractivity contribution in [3.63, 3.8) is 0 Å². The molecule has 5 heterocycles. The van der Waals surface area contributed by atoms with Crippen LogP contribution in [0.2, 0.25) is 0 Å². The summed E-state index contributed by atoms with van der Waals surface area (Å²) in [7, 11) is 0. The molecule has 11 heteroatoms. The number of anilines is 2. The number of hydrogen-bond acceptors (Lipinski definition) is 8. The van der Waals surface area contributed by atoms with Crippen LogP contribution in [0.3, 0.4) is 0 Å². The van der Waals surface area contributed by atoms with Gasteiger partial charge in [-0.3, -0.25) is 14.7 Å². The van der Waals surface area contributed by atoms with E-state index in [0.717, 1.165) is 61.0 Å². The van der Waals surface area contributed by atoms with Gasteiger partial charge < -0.3 is 19.4 Å². The van der Waals surface area contributed by atoms with Crippen molar-refractivity contribution in [1.29, 1.82) is 0 Å². The van der Waals surface area contributed by atoms with Crippen molar-refractivity contribution in [1.82, 2.24) is 24.5 Å². The lowest BCUT2D eigenvalue weighted by Crippen LogP contribution is -2.46. The maximum absolute atomic E-state index is 13.3. The number of amides is 1. The molecule has 2 aliphatic rings. The first-order valence-corrected chi connectivity index (χ1v) is 12.4. The predicted octanol–water partition coefficient (Wildman–Crippen LogP) is 2.61. The second-order valence-corrected chi connectivity index (χ2v) is 10.2. The number of nitrogens with zero attached hydrogens (tertiary/aromatic N) is 5. The van der Waals surface area contributed by atoms with Crippen LogP contribution in [0.15, 0.2) is 46.0 Å². The first kappa shape index (κ1) is 23.3. The molecule has 2 N–H and O–H groups in total. The highest BCUT2D eigenvalue weighted by atomic mass is 16.5. The second kappa shape index (κ2) is 8.77. The minimum absolute atomic E-state index is 0.258. The Morgan fingerprint density at radius 2 is 2.03 bits per heavy atom. The quantitative estimate of drug-likeness (QED) is 0.426. The maximum Gasteiger partial charge on any atom is 0.416 e. The Morgan fingerprint density at radius 3 is 2.78 bits per heavy atom. The molecule has 192 valence electrons. The number of carbonyl (C=O) groups excluding carboxylic acids is 1. The number of hydrogen-bond donors (Lipinski definition) is 2. The van der Waals surface area contributed by atoms with Gasteiger partial charge in [0.2, 0.25) is 0 Å². The zero-order chi connectivity index (χ0) is 25.7. The second-order valence-electron chi connectivity index (χ2n) is 10.2. The minimum Gasteiger partial charge on any atom is -0.487 e. The number of H-pyrrole nitrogens is 1. The van der Waals surface area contributed by atoms with Crippen molar-refractivity contribution in [3.05, 3.63) is 69.9 Å². The molecule has 1 saturated heterocycles. The van der Waals surface area contributed by atoms with Crippen LogP contribution in [0.25, 0.3) is 5.65 Å². The van der Waals surface area contributed by atoms with Gasteiger partial charge in [-0.2, -0.15) is 5.10 Å². The summed E-state index contributed by atoms with van der Waals surface area (Å²) in [6.45, 7) is 9.65. The van der Waals surface area contributed by atoms with Crippen molar-refractivity contribution in [2.75, 3.05) is 36.4 Å². The van der Waals surface area contributed by atoms with Crippen LogP contribution >= 0.6 is 0 Å². The maximum atomic E-state index is 13.3. The number of fused-ring (bicyclic) bond motifs is 2. The number of carbonyl (C=O) groups is 1. The molecular formula is C26H29N7O4. The van der Waals surface area contributed by atoms with Crippen LogP contribution in [-0.2, 0) is 13.0 Å². The van der Waals surface area contributed by atoms with Gasteiger partial charge in [0.15, 0.2) is 5.65 Å². The van der Waals surface area contributed by atoms with Gasteiger partial charge in [0.1, 0.15) is 22.7 Å². The fourth-order valence-corrected chi connectivity index (χ4v) is 5.14. The summed E-state index contributed by atoms with van der Waals surface area (Å²) < 4.78 is 12.9. The monoisotopic (exact) mass is 503 g/mol. The molecule has 4 aromatic rings. The Kier molecular flexibility index (Phi) is 5.52. The number of oxazole rings is 1. The number of ether oxygens (including phenoxy) is 1. The van der Waals surface area contributed by atoms with E-state index in [-0.39, 0.29) is 11.5 Å². The molecule has 0 spiro atoms. The zero-order valence-electron chi connectivity index (χ0n) is 21.1. The van der Waals surface area contributed by atoms with Crippen molar-refractivity contribution in [2.45, 2.75) is 39.3 Å². The Morgan fingerprint density at radius 1 is 1.22 bits per heavy atom. The lowest BCUT2D eigenvalue weighted by atomic mass is 10.0. The van der Waals surface area contributed by atoms with Gasteiger partial charge in [0.25, 0.3) is 5.91 Å². The molecule has 0 bridgehead atoms. The Labute approximate surface area is 213 Å². The van der Waals surface area contributed by atoms with Crippen LogP contribution in [0.5, 0.6) is 5.75 Å². The SMILES string of the molecule is Cc1oc(=O)[nH]c1CN1CCN(c2cc3c(cc2NC(=O)c2cnn4cccnc24)CC(C)(C)O3)CC1. The third-order valence-electron chi connectivity index (χ3n) is 6.97. The summed E-state index contributed by atoms with van der Waals surface area (Å²) >= 11 is 0. The fourth-order valence-electron chi connectivity index (χ4n) is 5.14. The number of benzene rings is 1. The van der Waals surface area contributed by atoms with Crippen LogP contribution < -0.4 is 20.7 Å². The van der Waals surface area contributed by atoms with E-state index >= 15 is 0 Å². The summed E-state index contributed by atoms with van der Waals surface area (Å²) in [6.07, 6.45) is 5.71. The molecule has 0 radical (unpaired) electrons. The van der Waals surface area contributed by atoms with Gasteiger partial charge in [-0.05, 0) is 32.9 Å². The van der Waals surface area contributed by atoms with E-state index in [1.807, 2.05) is 12.1 Å². The molecule has 6 rings (SSSR count). The summed E-state index contributed by atoms with van der Waals surface area (Å²) in [5, 5.41) is 7.37. The molecule has 0 unspecified atom stereocenters. The highest BCUT2D eigenvalue weighted by Gasteiger charge is 2.33. The summed E-state index contributed by atoms with van der Waals surface area (Å²) in [5.41, 5.74) is 4.16.